The third-order valence-electron chi connectivity index (χ3n) is 3.78. The smallest absolute Gasteiger partial charge is 0.234 e. The maximum atomic E-state index is 12.2. The molecule has 128 valence electrons. The molecule has 0 aliphatic carbocycles. The number of nitrogens with one attached hydrogen (secondary N) is 2. The number of hydrogen-bond acceptors (Lipinski definition) is 3. The molecular formula is C19H17ClN2O2S. The number of amides is 1. The zero-order valence-electron chi connectivity index (χ0n) is 13.6. The van der Waals surface area contributed by atoms with Gasteiger partial charge in [0, 0.05) is 28.6 Å². The van der Waals surface area contributed by atoms with E-state index in [9.17, 15) is 9.59 Å². The van der Waals surface area contributed by atoms with Gasteiger partial charge >= 0.3 is 0 Å². The largest absolute Gasteiger partial charge is 0.356 e. The second-order valence-corrected chi connectivity index (χ2v) is 7.07. The molecular weight excluding hydrogens is 356 g/mol. The van der Waals surface area contributed by atoms with E-state index in [2.05, 4.69) is 10.3 Å². The number of carbonyl (C=O) groups excluding carboxylic acids is 1. The van der Waals surface area contributed by atoms with E-state index in [0.717, 1.165) is 16.9 Å². The topological polar surface area (TPSA) is 62.0 Å². The molecule has 25 heavy (non-hydrogen) atoms. The number of fused-ring (bicyclic) bond motifs is 1. The molecule has 1 amide bonds. The molecule has 6 heteroatoms. The van der Waals surface area contributed by atoms with Gasteiger partial charge in [-0.2, -0.15) is 0 Å². The number of aromatic amines is 1. The Hall–Kier alpha value is -2.24. The summed E-state index contributed by atoms with van der Waals surface area (Å²) in [5.41, 5.74) is 3.15. The van der Waals surface area contributed by atoms with Crippen LogP contribution in [0.4, 0.5) is 5.69 Å². The number of anilines is 1. The quantitative estimate of drug-likeness (QED) is 0.699. The van der Waals surface area contributed by atoms with E-state index < -0.39 is 0 Å². The molecule has 4 nitrogen and oxygen atoms in total. The summed E-state index contributed by atoms with van der Waals surface area (Å²) in [4.78, 5) is 27.4. The van der Waals surface area contributed by atoms with Crippen molar-refractivity contribution in [2.75, 3.05) is 11.1 Å². The molecule has 0 bridgehead atoms. The van der Waals surface area contributed by atoms with E-state index in [1.165, 1.54) is 11.8 Å². The summed E-state index contributed by atoms with van der Waals surface area (Å²) in [7, 11) is 0. The Morgan fingerprint density at radius 3 is 2.80 bits per heavy atom. The van der Waals surface area contributed by atoms with Crippen LogP contribution in [0.15, 0.2) is 53.3 Å². The normalized spacial score (nSPS) is 10.8. The Morgan fingerprint density at radius 1 is 1.20 bits per heavy atom. The molecule has 1 heterocycles. The van der Waals surface area contributed by atoms with E-state index in [0.29, 0.717) is 27.4 Å². The number of thioether (sulfide) groups is 1. The van der Waals surface area contributed by atoms with Crippen molar-refractivity contribution in [3.63, 3.8) is 0 Å². The SMILES string of the molecule is Cc1ccccc1NC(=O)CSCc1cc(=O)c2cccc(Cl)c2[nH]1. The monoisotopic (exact) mass is 372 g/mol. The second-order valence-electron chi connectivity index (χ2n) is 5.68. The Labute approximate surface area is 154 Å². The Bertz CT molecular complexity index is 985. The van der Waals surface area contributed by atoms with Crippen LogP contribution in [0.2, 0.25) is 5.02 Å². The van der Waals surface area contributed by atoms with Gasteiger partial charge in [-0.05, 0) is 30.7 Å². The number of rotatable bonds is 5. The Morgan fingerprint density at radius 2 is 2.00 bits per heavy atom. The van der Waals surface area contributed by atoms with Crippen molar-refractivity contribution in [3.8, 4) is 0 Å². The average Bonchev–Trinajstić information content (AvgIpc) is 2.58. The van der Waals surface area contributed by atoms with Crippen LogP contribution in [-0.2, 0) is 10.5 Å². The lowest BCUT2D eigenvalue weighted by Crippen LogP contribution is -2.15. The van der Waals surface area contributed by atoms with Crippen molar-refractivity contribution in [2.24, 2.45) is 0 Å². The highest BCUT2D eigenvalue weighted by atomic mass is 35.5. The van der Waals surface area contributed by atoms with Gasteiger partial charge in [-0.3, -0.25) is 9.59 Å². The third kappa shape index (κ3) is 4.24. The molecule has 3 rings (SSSR count). The first kappa shape index (κ1) is 17.6. The molecule has 0 unspecified atom stereocenters. The first-order valence-electron chi connectivity index (χ1n) is 7.78. The summed E-state index contributed by atoms with van der Waals surface area (Å²) in [6.07, 6.45) is 0. The van der Waals surface area contributed by atoms with Gasteiger partial charge in [0.1, 0.15) is 0 Å². The summed E-state index contributed by atoms with van der Waals surface area (Å²) in [5.74, 6) is 0.759. The fraction of sp³-hybridized carbons (Fsp3) is 0.158. The minimum Gasteiger partial charge on any atom is -0.356 e. The predicted octanol–water partition coefficient (Wildman–Crippen LogP) is 4.36. The molecule has 0 fully saturated rings. The molecule has 2 N–H and O–H groups in total. The van der Waals surface area contributed by atoms with Crippen LogP contribution in [0.5, 0.6) is 0 Å². The highest BCUT2D eigenvalue weighted by Gasteiger charge is 2.08. The fourth-order valence-electron chi connectivity index (χ4n) is 2.52. The van der Waals surface area contributed by atoms with Crippen molar-refractivity contribution in [1.82, 2.24) is 4.98 Å². The second kappa shape index (κ2) is 7.76. The van der Waals surface area contributed by atoms with Crippen molar-refractivity contribution < 1.29 is 4.79 Å². The summed E-state index contributed by atoms with van der Waals surface area (Å²) < 4.78 is 0. The van der Waals surface area contributed by atoms with E-state index in [1.807, 2.05) is 31.2 Å². The zero-order valence-corrected chi connectivity index (χ0v) is 15.2. The average molecular weight is 373 g/mol. The van der Waals surface area contributed by atoms with Gasteiger partial charge in [-0.1, -0.05) is 35.9 Å². The lowest BCUT2D eigenvalue weighted by Gasteiger charge is -2.08. The number of carbonyl (C=O) groups is 1. The van der Waals surface area contributed by atoms with E-state index >= 15 is 0 Å². The van der Waals surface area contributed by atoms with E-state index in [-0.39, 0.29) is 11.3 Å². The van der Waals surface area contributed by atoms with Crippen LogP contribution in [-0.4, -0.2) is 16.6 Å². The summed E-state index contributed by atoms with van der Waals surface area (Å²) in [6, 6.07) is 14.4. The first-order chi connectivity index (χ1) is 12.0. The highest BCUT2D eigenvalue weighted by Crippen LogP contribution is 2.20. The van der Waals surface area contributed by atoms with Crippen molar-refractivity contribution in [1.29, 1.82) is 0 Å². The molecule has 0 spiro atoms. The van der Waals surface area contributed by atoms with E-state index in [4.69, 9.17) is 11.6 Å². The maximum absolute atomic E-state index is 12.2. The molecule has 2 aromatic carbocycles. The number of para-hydroxylation sites is 2. The van der Waals surface area contributed by atoms with Gasteiger partial charge in [-0.15, -0.1) is 11.8 Å². The van der Waals surface area contributed by atoms with Crippen molar-refractivity contribution >= 4 is 45.9 Å². The number of aromatic nitrogens is 1. The highest BCUT2D eigenvalue weighted by molar-refractivity contribution is 7.99. The van der Waals surface area contributed by atoms with Crippen LogP contribution in [0.1, 0.15) is 11.3 Å². The van der Waals surface area contributed by atoms with Crippen molar-refractivity contribution in [2.45, 2.75) is 12.7 Å². The number of aryl methyl sites for hydroxylation is 1. The van der Waals surface area contributed by atoms with Crippen LogP contribution < -0.4 is 10.7 Å². The molecule has 0 saturated heterocycles. The molecule has 3 aromatic rings. The number of H-pyrrole nitrogens is 1. The van der Waals surface area contributed by atoms with Gasteiger partial charge in [0.2, 0.25) is 5.91 Å². The molecule has 0 aliphatic heterocycles. The molecule has 0 saturated carbocycles. The van der Waals surface area contributed by atoms with Crippen LogP contribution in [0.25, 0.3) is 10.9 Å². The van der Waals surface area contributed by atoms with Gasteiger partial charge in [0.25, 0.3) is 0 Å². The summed E-state index contributed by atoms with van der Waals surface area (Å²) in [5, 5.41) is 3.97. The Balaban J connectivity index is 1.63. The van der Waals surface area contributed by atoms with Gasteiger partial charge < -0.3 is 10.3 Å². The third-order valence-corrected chi connectivity index (χ3v) is 5.08. The minimum absolute atomic E-state index is 0.0690. The summed E-state index contributed by atoms with van der Waals surface area (Å²) in [6.45, 7) is 1.95. The standard InChI is InChI=1S/C19H17ClN2O2S/c1-12-5-2-3-8-16(12)22-18(24)11-25-10-13-9-17(23)14-6-4-7-15(20)19(14)21-13/h2-9H,10-11H2,1H3,(H,21,23)(H,22,24). The van der Waals surface area contributed by atoms with Crippen LogP contribution in [0, 0.1) is 6.92 Å². The number of hydrogen-bond donors (Lipinski definition) is 2. The predicted molar refractivity (Wildman–Crippen MR) is 106 cm³/mol. The number of halogens is 1. The molecule has 0 aliphatic rings. The Kier molecular flexibility index (Phi) is 5.46. The first-order valence-corrected chi connectivity index (χ1v) is 9.31. The van der Waals surface area contributed by atoms with Gasteiger partial charge in [0.05, 0.1) is 16.3 Å². The van der Waals surface area contributed by atoms with Gasteiger partial charge in [0.15, 0.2) is 5.43 Å². The molecule has 1 aromatic heterocycles. The molecule has 0 atom stereocenters. The zero-order chi connectivity index (χ0) is 17.8. The lowest BCUT2D eigenvalue weighted by atomic mass is 10.2. The number of pyridine rings is 1. The number of benzene rings is 2. The fourth-order valence-corrected chi connectivity index (χ4v) is 3.48. The summed E-state index contributed by atoms with van der Waals surface area (Å²) >= 11 is 7.59. The lowest BCUT2D eigenvalue weighted by molar-refractivity contribution is -0.113. The molecule has 0 radical (unpaired) electrons. The van der Waals surface area contributed by atoms with Crippen LogP contribution >= 0.6 is 23.4 Å². The maximum Gasteiger partial charge on any atom is 0.234 e. The van der Waals surface area contributed by atoms with E-state index in [1.54, 1.807) is 24.3 Å². The van der Waals surface area contributed by atoms with Crippen LogP contribution in [0.3, 0.4) is 0 Å². The van der Waals surface area contributed by atoms with Crippen molar-refractivity contribution in [3.05, 3.63) is 75.0 Å². The van der Waals surface area contributed by atoms with Gasteiger partial charge in [-0.25, -0.2) is 0 Å². The minimum atomic E-state index is -0.0730.